The summed E-state index contributed by atoms with van der Waals surface area (Å²) in [5.74, 6) is 2.49. The van der Waals surface area contributed by atoms with E-state index in [-0.39, 0.29) is 17.5 Å². The summed E-state index contributed by atoms with van der Waals surface area (Å²) in [6.07, 6.45) is 7.14. The molecule has 0 aliphatic heterocycles. The molecule has 3 amide bonds. The number of oxazole rings is 1. The number of hydrogen-bond acceptors (Lipinski definition) is 5. The first-order chi connectivity index (χ1) is 13.9. The highest BCUT2D eigenvalue weighted by molar-refractivity contribution is 5.98. The molecule has 4 bridgehead atoms. The molecule has 0 radical (unpaired) electrons. The van der Waals surface area contributed by atoms with E-state index < -0.39 is 6.04 Å². The summed E-state index contributed by atoms with van der Waals surface area (Å²) in [6, 6.07) is 4.58. The SMILES string of the molecule is Cc1nc2cc(NC(C)C(=O)NC(=O)NC34CC5CC(CC(C5)C3)C4)ccc2o1. The Hall–Kier alpha value is -2.57. The first-order valence-corrected chi connectivity index (χ1v) is 10.6. The number of nitrogens with one attached hydrogen (secondary N) is 3. The van der Waals surface area contributed by atoms with Crippen LogP contribution in [0.15, 0.2) is 22.6 Å². The number of hydrogen-bond donors (Lipinski definition) is 3. The number of imide groups is 1. The van der Waals surface area contributed by atoms with E-state index in [1.165, 1.54) is 19.3 Å². The van der Waals surface area contributed by atoms with Crippen molar-refractivity contribution in [3.05, 3.63) is 24.1 Å². The minimum Gasteiger partial charge on any atom is -0.441 e. The quantitative estimate of drug-likeness (QED) is 0.732. The van der Waals surface area contributed by atoms with Gasteiger partial charge in [0.15, 0.2) is 11.5 Å². The van der Waals surface area contributed by atoms with Crippen LogP contribution in [0.5, 0.6) is 0 Å². The molecule has 7 heteroatoms. The monoisotopic (exact) mass is 396 g/mol. The fourth-order valence-corrected chi connectivity index (χ4v) is 6.20. The van der Waals surface area contributed by atoms with E-state index in [4.69, 9.17) is 4.42 Å². The third-order valence-electron chi connectivity index (χ3n) is 6.92. The van der Waals surface area contributed by atoms with Gasteiger partial charge in [-0.3, -0.25) is 10.1 Å². The van der Waals surface area contributed by atoms with Crippen LogP contribution in [0.4, 0.5) is 10.5 Å². The summed E-state index contributed by atoms with van der Waals surface area (Å²) in [6.45, 7) is 3.54. The van der Waals surface area contributed by atoms with Crippen molar-refractivity contribution in [2.24, 2.45) is 17.8 Å². The summed E-state index contributed by atoms with van der Waals surface area (Å²) >= 11 is 0. The van der Waals surface area contributed by atoms with Crippen molar-refractivity contribution < 1.29 is 14.0 Å². The van der Waals surface area contributed by atoms with Gasteiger partial charge in [0.25, 0.3) is 0 Å². The Kier molecular flexibility index (Phi) is 4.29. The van der Waals surface area contributed by atoms with Crippen molar-refractivity contribution in [3.63, 3.8) is 0 Å². The minimum atomic E-state index is -0.553. The smallest absolute Gasteiger partial charge is 0.321 e. The van der Waals surface area contributed by atoms with Gasteiger partial charge in [-0.1, -0.05) is 0 Å². The lowest BCUT2D eigenvalue weighted by Gasteiger charge is -2.56. The van der Waals surface area contributed by atoms with Crippen molar-refractivity contribution in [3.8, 4) is 0 Å². The van der Waals surface area contributed by atoms with Gasteiger partial charge in [-0.25, -0.2) is 9.78 Å². The molecule has 1 aromatic heterocycles. The van der Waals surface area contributed by atoms with Gasteiger partial charge in [-0.05, 0) is 81.4 Å². The number of rotatable bonds is 4. The molecule has 0 spiro atoms. The zero-order valence-electron chi connectivity index (χ0n) is 17.0. The second-order valence-corrected chi connectivity index (χ2v) is 9.42. The van der Waals surface area contributed by atoms with Crippen molar-refractivity contribution >= 4 is 28.7 Å². The molecule has 4 aliphatic rings. The van der Waals surface area contributed by atoms with Crippen LogP contribution in [-0.4, -0.2) is 28.5 Å². The fourth-order valence-electron chi connectivity index (χ4n) is 6.20. The number of urea groups is 1. The number of carbonyl (C=O) groups excluding carboxylic acids is 2. The molecule has 3 N–H and O–H groups in total. The fraction of sp³-hybridized carbons (Fsp3) is 0.591. The first-order valence-electron chi connectivity index (χ1n) is 10.6. The van der Waals surface area contributed by atoms with Gasteiger partial charge < -0.3 is 15.1 Å². The molecule has 7 nitrogen and oxygen atoms in total. The Morgan fingerprint density at radius 3 is 2.45 bits per heavy atom. The lowest BCUT2D eigenvalue weighted by atomic mass is 9.53. The Morgan fingerprint density at radius 2 is 1.79 bits per heavy atom. The number of benzene rings is 1. The maximum atomic E-state index is 12.6. The van der Waals surface area contributed by atoms with E-state index in [9.17, 15) is 9.59 Å². The first kappa shape index (κ1) is 18.5. The summed E-state index contributed by atoms with van der Waals surface area (Å²) in [4.78, 5) is 29.4. The molecule has 1 aromatic carbocycles. The topological polar surface area (TPSA) is 96.3 Å². The normalized spacial score (nSPS) is 30.9. The minimum absolute atomic E-state index is 0.106. The Balaban J connectivity index is 1.19. The maximum Gasteiger partial charge on any atom is 0.321 e. The van der Waals surface area contributed by atoms with Crippen LogP contribution in [0.1, 0.15) is 51.3 Å². The standard InChI is InChI=1S/C22H28N4O3/c1-12(23-17-3-4-19-18(8-17)24-13(2)29-19)20(27)25-21(28)26-22-9-14-5-15(10-22)7-16(6-14)11-22/h3-4,8,12,14-16,23H,5-7,9-11H2,1-2H3,(H2,25,26,27,28). The van der Waals surface area contributed by atoms with E-state index in [2.05, 4.69) is 20.9 Å². The number of nitrogens with zero attached hydrogens (tertiary/aromatic N) is 1. The Labute approximate surface area is 170 Å². The van der Waals surface area contributed by atoms with Crippen molar-refractivity contribution in [1.29, 1.82) is 0 Å². The Morgan fingerprint density at radius 1 is 1.14 bits per heavy atom. The van der Waals surface area contributed by atoms with Gasteiger partial charge in [0.1, 0.15) is 11.6 Å². The van der Waals surface area contributed by atoms with Gasteiger partial charge in [-0.15, -0.1) is 0 Å². The van der Waals surface area contributed by atoms with E-state index in [1.54, 1.807) is 13.8 Å². The second-order valence-electron chi connectivity index (χ2n) is 9.42. The van der Waals surface area contributed by atoms with E-state index >= 15 is 0 Å². The van der Waals surface area contributed by atoms with Crippen LogP contribution < -0.4 is 16.0 Å². The average molecular weight is 396 g/mol. The molecular formula is C22H28N4O3. The van der Waals surface area contributed by atoms with E-state index in [1.807, 2.05) is 18.2 Å². The molecule has 6 rings (SSSR count). The van der Waals surface area contributed by atoms with Gasteiger partial charge in [0, 0.05) is 18.2 Å². The molecule has 4 saturated carbocycles. The molecule has 2 aromatic rings. The third kappa shape index (κ3) is 3.58. The van der Waals surface area contributed by atoms with Gasteiger partial charge in [-0.2, -0.15) is 0 Å². The zero-order valence-corrected chi connectivity index (χ0v) is 17.0. The molecule has 154 valence electrons. The molecule has 1 heterocycles. The predicted octanol–water partition coefficient (Wildman–Crippen LogP) is 3.73. The van der Waals surface area contributed by atoms with Gasteiger partial charge in [0.05, 0.1) is 0 Å². The lowest BCUT2D eigenvalue weighted by Crippen LogP contribution is -2.62. The molecule has 0 saturated heterocycles. The van der Waals surface area contributed by atoms with Crippen molar-refractivity contribution in [1.82, 2.24) is 15.6 Å². The Bertz CT molecular complexity index is 931. The highest BCUT2D eigenvalue weighted by Gasteiger charge is 2.51. The number of aryl methyl sites for hydroxylation is 1. The molecule has 4 aliphatic carbocycles. The summed E-state index contributed by atoms with van der Waals surface area (Å²) in [5.41, 5.74) is 2.10. The molecule has 29 heavy (non-hydrogen) atoms. The predicted molar refractivity (Wildman–Crippen MR) is 109 cm³/mol. The third-order valence-corrected chi connectivity index (χ3v) is 6.92. The molecule has 1 unspecified atom stereocenters. The molecule has 4 fully saturated rings. The van der Waals surface area contributed by atoms with Crippen LogP contribution in [0, 0.1) is 24.7 Å². The highest BCUT2D eigenvalue weighted by atomic mass is 16.3. The lowest BCUT2D eigenvalue weighted by molar-refractivity contribution is -0.120. The van der Waals surface area contributed by atoms with Gasteiger partial charge in [0.2, 0.25) is 5.91 Å². The highest BCUT2D eigenvalue weighted by Crippen LogP contribution is 2.55. The van der Waals surface area contributed by atoms with Gasteiger partial charge >= 0.3 is 6.03 Å². The summed E-state index contributed by atoms with van der Waals surface area (Å²) in [7, 11) is 0. The van der Waals surface area contributed by atoms with E-state index in [0.717, 1.165) is 48.2 Å². The number of amides is 3. The largest absolute Gasteiger partial charge is 0.441 e. The zero-order chi connectivity index (χ0) is 20.2. The van der Waals surface area contributed by atoms with Crippen LogP contribution in [0.2, 0.25) is 0 Å². The molecule has 1 atom stereocenters. The van der Waals surface area contributed by atoms with E-state index in [0.29, 0.717) is 11.5 Å². The summed E-state index contributed by atoms with van der Waals surface area (Å²) in [5, 5.41) is 8.84. The maximum absolute atomic E-state index is 12.6. The number of carbonyl (C=O) groups is 2. The van der Waals surface area contributed by atoms with Crippen molar-refractivity contribution in [2.75, 3.05) is 5.32 Å². The number of aromatic nitrogens is 1. The number of fused-ring (bicyclic) bond motifs is 1. The molecular weight excluding hydrogens is 368 g/mol. The van der Waals surface area contributed by atoms with Crippen molar-refractivity contribution in [2.45, 2.75) is 64.0 Å². The number of anilines is 1. The van der Waals surface area contributed by atoms with Crippen LogP contribution in [0.25, 0.3) is 11.1 Å². The second kappa shape index (κ2) is 6.75. The van der Waals surface area contributed by atoms with Crippen LogP contribution >= 0.6 is 0 Å². The summed E-state index contributed by atoms with van der Waals surface area (Å²) < 4.78 is 5.47. The van der Waals surface area contributed by atoms with Crippen LogP contribution in [0.3, 0.4) is 0 Å². The average Bonchev–Trinajstić information content (AvgIpc) is 2.99. The van der Waals surface area contributed by atoms with Crippen LogP contribution in [-0.2, 0) is 4.79 Å².